The summed E-state index contributed by atoms with van der Waals surface area (Å²) >= 11 is 0. The van der Waals surface area contributed by atoms with E-state index in [4.69, 9.17) is 0 Å². The van der Waals surface area contributed by atoms with Crippen LogP contribution in [0.1, 0.15) is 22.3 Å². The normalized spacial score (nSPS) is 13.1. The first-order chi connectivity index (χ1) is 10.1. The molecule has 0 fully saturated rings. The van der Waals surface area contributed by atoms with E-state index in [9.17, 15) is 15.0 Å². The molecule has 1 amide bonds. The van der Waals surface area contributed by atoms with Gasteiger partial charge in [-0.25, -0.2) is 0 Å². The van der Waals surface area contributed by atoms with Gasteiger partial charge in [0.15, 0.2) is 0 Å². The second-order valence-electron chi connectivity index (χ2n) is 5.06. The number of phenols is 2. The Labute approximate surface area is 122 Å². The Bertz CT molecular complexity index is 678. The summed E-state index contributed by atoms with van der Waals surface area (Å²) in [7, 11) is 0. The molecule has 1 aliphatic rings. The number of para-hydroxylation sites is 1. The smallest absolute Gasteiger partial charge is 0.255 e. The highest BCUT2D eigenvalue weighted by Crippen LogP contribution is 2.30. The Morgan fingerprint density at radius 1 is 1.14 bits per heavy atom. The molecule has 2 aromatic carbocycles. The molecule has 108 valence electrons. The quantitative estimate of drug-likeness (QED) is 0.683. The maximum atomic E-state index is 12.2. The topological polar surface area (TPSA) is 81.6 Å². The van der Waals surface area contributed by atoms with Gasteiger partial charge in [-0.3, -0.25) is 4.79 Å². The number of carbonyl (C=O) groups excluding carboxylic acids is 1. The van der Waals surface area contributed by atoms with Crippen LogP contribution in [0.4, 0.5) is 11.4 Å². The summed E-state index contributed by atoms with van der Waals surface area (Å²) in [4.78, 5) is 12.2. The van der Waals surface area contributed by atoms with Crippen molar-refractivity contribution in [3.05, 3.63) is 47.5 Å². The third-order valence-corrected chi connectivity index (χ3v) is 3.49. The zero-order chi connectivity index (χ0) is 14.8. The van der Waals surface area contributed by atoms with Gasteiger partial charge < -0.3 is 20.8 Å². The molecule has 2 aromatic rings. The summed E-state index contributed by atoms with van der Waals surface area (Å²) in [5, 5.41) is 25.0. The molecule has 5 nitrogen and oxygen atoms in total. The van der Waals surface area contributed by atoms with Crippen molar-refractivity contribution in [1.82, 2.24) is 0 Å². The van der Waals surface area contributed by atoms with E-state index >= 15 is 0 Å². The number of nitrogens with one attached hydrogen (secondary N) is 2. The third kappa shape index (κ3) is 2.76. The van der Waals surface area contributed by atoms with Crippen molar-refractivity contribution >= 4 is 17.3 Å². The molecule has 5 heteroatoms. The van der Waals surface area contributed by atoms with Crippen LogP contribution in [0.15, 0.2) is 36.4 Å². The lowest BCUT2D eigenvalue weighted by Gasteiger charge is -2.21. The van der Waals surface area contributed by atoms with Gasteiger partial charge in [0.05, 0.1) is 11.4 Å². The predicted octanol–water partition coefficient (Wildman–Crippen LogP) is 2.71. The molecule has 1 heterocycles. The van der Waals surface area contributed by atoms with Crippen LogP contribution >= 0.6 is 0 Å². The second kappa shape index (κ2) is 5.36. The minimum atomic E-state index is -0.373. The highest BCUT2D eigenvalue weighted by atomic mass is 16.3. The van der Waals surface area contributed by atoms with E-state index in [1.165, 1.54) is 23.8 Å². The molecule has 0 spiro atoms. The highest BCUT2D eigenvalue weighted by molar-refractivity contribution is 6.06. The zero-order valence-electron chi connectivity index (χ0n) is 11.4. The predicted molar refractivity (Wildman–Crippen MR) is 81.0 cm³/mol. The number of hydrogen-bond donors (Lipinski definition) is 4. The van der Waals surface area contributed by atoms with E-state index in [0.29, 0.717) is 5.69 Å². The van der Waals surface area contributed by atoms with Crippen LogP contribution in [0.3, 0.4) is 0 Å². The molecule has 0 unspecified atom stereocenters. The number of rotatable bonds is 2. The number of aromatic hydroxyl groups is 2. The van der Waals surface area contributed by atoms with Crippen molar-refractivity contribution in [3.63, 3.8) is 0 Å². The molecule has 0 bridgehead atoms. The highest BCUT2D eigenvalue weighted by Gasteiger charge is 2.15. The number of anilines is 2. The number of fused-ring (bicyclic) bond motifs is 1. The Morgan fingerprint density at radius 3 is 2.67 bits per heavy atom. The van der Waals surface area contributed by atoms with Crippen LogP contribution in [0.2, 0.25) is 0 Å². The van der Waals surface area contributed by atoms with E-state index in [2.05, 4.69) is 10.6 Å². The van der Waals surface area contributed by atoms with Gasteiger partial charge in [0.2, 0.25) is 0 Å². The maximum absolute atomic E-state index is 12.2. The van der Waals surface area contributed by atoms with Gasteiger partial charge in [0.1, 0.15) is 11.5 Å². The van der Waals surface area contributed by atoms with Crippen LogP contribution in [0, 0.1) is 0 Å². The van der Waals surface area contributed by atoms with E-state index in [-0.39, 0.29) is 23.0 Å². The van der Waals surface area contributed by atoms with E-state index in [1.54, 1.807) is 0 Å². The van der Waals surface area contributed by atoms with Gasteiger partial charge >= 0.3 is 0 Å². The molecule has 0 saturated carbocycles. The van der Waals surface area contributed by atoms with Crippen molar-refractivity contribution in [3.8, 4) is 11.5 Å². The number of amides is 1. The molecule has 3 rings (SSSR count). The summed E-state index contributed by atoms with van der Waals surface area (Å²) in [5.41, 5.74) is 3.04. The van der Waals surface area contributed by atoms with Gasteiger partial charge in [0, 0.05) is 18.2 Å². The Kier molecular flexibility index (Phi) is 3.39. The van der Waals surface area contributed by atoms with E-state index < -0.39 is 0 Å². The summed E-state index contributed by atoms with van der Waals surface area (Å²) in [5.74, 6) is -0.663. The van der Waals surface area contributed by atoms with Gasteiger partial charge in [-0.2, -0.15) is 0 Å². The van der Waals surface area contributed by atoms with Crippen LogP contribution < -0.4 is 10.6 Å². The monoisotopic (exact) mass is 284 g/mol. The second-order valence-corrected chi connectivity index (χ2v) is 5.06. The molecule has 0 atom stereocenters. The molecule has 0 aliphatic carbocycles. The summed E-state index contributed by atoms with van der Waals surface area (Å²) in [6, 6.07) is 9.59. The third-order valence-electron chi connectivity index (χ3n) is 3.49. The number of carbonyl (C=O) groups is 1. The largest absolute Gasteiger partial charge is 0.508 e. The van der Waals surface area contributed by atoms with Crippen molar-refractivity contribution in [2.45, 2.75) is 12.8 Å². The first-order valence-electron chi connectivity index (χ1n) is 6.83. The first kappa shape index (κ1) is 13.3. The van der Waals surface area contributed by atoms with Gasteiger partial charge in [0.25, 0.3) is 5.91 Å². The SMILES string of the molecule is O=C(Nc1cccc2c1NCCC2)c1cc(O)cc(O)c1. The van der Waals surface area contributed by atoms with Gasteiger partial charge in [-0.1, -0.05) is 12.1 Å². The Hall–Kier alpha value is -2.69. The van der Waals surface area contributed by atoms with Crippen LogP contribution in [-0.4, -0.2) is 22.7 Å². The molecule has 0 aromatic heterocycles. The van der Waals surface area contributed by atoms with Gasteiger partial charge in [-0.15, -0.1) is 0 Å². The fourth-order valence-corrected chi connectivity index (χ4v) is 2.53. The maximum Gasteiger partial charge on any atom is 0.255 e. The lowest BCUT2D eigenvalue weighted by molar-refractivity contribution is 0.102. The summed E-state index contributed by atoms with van der Waals surface area (Å²) < 4.78 is 0. The minimum Gasteiger partial charge on any atom is -0.508 e. The Morgan fingerprint density at radius 2 is 1.90 bits per heavy atom. The van der Waals surface area contributed by atoms with Crippen molar-refractivity contribution in [2.75, 3.05) is 17.2 Å². The fourth-order valence-electron chi connectivity index (χ4n) is 2.53. The molecular formula is C16H16N2O3. The molecule has 4 N–H and O–H groups in total. The van der Waals surface area contributed by atoms with Crippen molar-refractivity contribution in [2.24, 2.45) is 0 Å². The number of benzene rings is 2. The number of aryl methyl sites for hydroxylation is 1. The first-order valence-corrected chi connectivity index (χ1v) is 6.83. The molecule has 1 aliphatic heterocycles. The standard InChI is InChI=1S/C16H16N2O3/c19-12-7-11(8-13(20)9-12)16(21)18-14-5-1-3-10-4-2-6-17-15(10)14/h1,3,5,7-9,17,19-20H,2,4,6H2,(H,18,21). The fraction of sp³-hybridized carbons (Fsp3) is 0.188. The van der Waals surface area contributed by atoms with Gasteiger partial charge in [-0.05, 0) is 36.6 Å². The lowest BCUT2D eigenvalue weighted by Crippen LogP contribution is -2.17. The summed E-state index contributed by atoms with van der Waals surface area (Å²) in [6.07, 6.45) is 2.06. The van der Waals surface area contributed by atoms with E-state index in [0.717, 1.165) is 25.1 Å². The lowest BCUT2D eigenvalue weighted by atomic mass is 10.0. The van der Waals surface area contributed by atoms with Crippen LogP contribution in [0.25, 0.3) is 0 Å². The molecule has 21 heavy (non-hydrogen) atoms. The minimum absolute atomic E-state index is 0.145. The van der Waals surface area contributed by atoms with Crippen LogP contribution in [-0.2, 0) is 6.42 Å². The zero-order valence-corrected chi connectivity index (χ0v) is 11.4. The Balaban J connectivity index is 1.88. The van der Waals surface area contributed by atoms with Crippen molar-refractivity contribution < 1.29 is 15.0 Å². The van der Waals surface area contributed by atoms with Crippen LogP contribution in [0.5, 0.6) is 11.5 Å². The number of hydrogen-bond acceptors (Lipinski definition) is 4. The molecular weight excluding hydrogens is 268 g/mol. The van der Waals surface area contributed by atoms with Crippen molar-refractivity contribution in [1.29, 1.82) is 0 Å². The molecule has 0 saturated heterocycles. The molecule has 0 radical (unpaired) electrons. The average molecular weight is 284 g/mol. The van der Waals surface area contributed by atoms with E-state index in [1.807, 2.05) is 18.2 Å². The number of phenolic OH excluding ortho intramolecular Hbond substituents is 2. The average Bonchev–Trinajstić information content (AvgIpc) is 2.46. The summed E-state index contributed by atoms with van der Waals surface area (Å²) in [6.45, 7) is 0.882.